The zero-order chi connectivity index (χ0) is 19.2. The van der Waals surface area contributed by atoms with Crippen molar-refractivity contribution in [3.05, 3.63) is 28.2 Å². The second kappa shape index (κ2) is 7.54. The maximum absolute atomic E-state index is 10.4. The fourth-order valence-corrected chi connectivity index (χ4v) is 5.81. The SMILES string of the molecule is CC1NC(C(O)NC23CC(NC(O)COc4ccc(Cl)c(Cl)c4)(C2)C3)CS1. The van der Waals surface area contributed by atoms with E-state index in [0.717, 1.165) is 25.0 Å². The monoisotopic (exact) mass is 433 g/mol. The average molecular weight is 434 g/mol. The molecule has 5 rings (SSSR count). The van der Waals surface area contributed by atoms with E-state index in [4.69, 9.17) is 27.9 Å². The third kappa shape index (κ3) is 4.21. The maximum atomic E-state index is 10.4. The summed E-state index contributed by atoms with van der Waals surface area (Å²) in [5.74, 6) is 1.49. The molecule has 0 aromatic heterocycles. The Balaban J connectivity index is 1.19. The molecule has 1 saturated heterocycles. The first kappa shape index (κ1) is 20.0. The molecule has 3 aliphatic carbocycles. The number of benzene rings is 1. The van der Waals surface area contributed by atoms with Crippen LogP contribution in [0, 0.1) is 0 Å². The first-order chi connectivity index (χ1) is 12.8. The van der Waals surface area contributed by atoms with Gasteiger partial charge in [0.25, 0.3) is 0 Å². The van der Waals surface area contributed by atoms with Crippen molar-refractivity contribution in [3.8, 4) is 5.75 Å². The summed E-state index contributed by atoms with van der Waals surface area (Å²) in [5, 5.41) is 32.0. The van der Waals surface area contributed by atoms with Crippen molar-refractivity contribution in [2.45, 2.75) is 61.1 Å². The molecule has 9 heteroatoms. The minimum Gasteiger partial charge on any atom is -0.489 e. The molecule has 1 aromatic rings. The third-order valence-electron chi connectivity index (χ3n) is 5.61. The van der Waals surface area contributed by atoms with Gasteiger partial charge in [0.05, 0.1) is 21.5 Å². The van der Waals surface area contributed by atoms with Gasteiger partial charge >= 0.3 is 0 Å². The van der Waals surface area contributed by atoms with Crippen LogP contribution in [0.25, 0.3) is 0 Å². The van der Waals surface area contributed by atoms with Crippen molar-refractivity contribution in [1.29, 1.82) is 0 Å². The number of thioether (sulfide) groups is 1. The van der Waals surface area contributed by atoms with Gasteiger partial charge in [-0.15, -0.1) is 11.8 Å². The van der Waals surface area contributed by atoms with Crippen LogP contribution in [-0.4, -0.2) is 57.5 Å². The largest absolute Gasteiger partial charge is 0.489 e. The summed E-state index contributed by atoms with van der Waals surface area (Å²) in [5.41, 5.74) is -0.0623. The fourth-order valence-electron chi connectivity index (χ4n) is 4.47. The summed E-state index contributed by atoms with van der Waals surface area (Å²) in [6.07, 6.45) is 1.39. The molecule has 1 aliphatic heterocycles. The second-order valence-electron chi connectivity index (χ2n) is 7.98. The van der Waals surface area contributed by atoms with E-state index in [0.29, 0.717) is 21.2 Å². The van der Waals surface area contributed by atoms with Crippen LogP contribution in [0.5, 0.6) is 5.75 Å². The third-order valence-corrected chi connectivity index (χ3v) is 7.54. The van der Waals surface area contributed by atoms with Gasteiger partial charge < -0.3 is 14.9 Å². The maximum Gasteiger partial charge on any atom is 0.139 e. The molecule has 0 radical (unpaired) electrons. The Hall–Kier alpha value is -0.250. The lowest BCUT2D eigenvalue weighted by atomic mass is 9.44. The highest BCUT2D eigenvalue weighted by Gasteiger charge is 2.68. The van der Waals surface area contributed by atoms with Crippen LogP contribution < -0.4 is 20.7 Å². The normalized spacial score (nSPS) is 36.6. The average Bonchev–Trinajstić information content (AvgIpc) is 2.99. The molecule has 3 saturated carbocycles. The summed E-state index contributed by atoms with van der Waals surface area (Å²) in [4.78, 5) is 0. The Labute approximate surface area is 173 Å². The lowest BCUT2D eigenvalue weighted by Gasteiger charge is -2.72. The molecule has 1 heterocycles. The summed E-state index contributed by atoms with van der Waals surface area (Å²) in [7, 11) is 0. The predicted octanol–water partition coefficient (Wildman–Crippen LogP) is 1.91. The number of aliphatic hydroxyl groups excluding tert-OH is 2. The van der Waals surface area contributed by atoms with E-state index >= 15 is 0 Å². The molecule has 4 unspecified atom stereocenters. The van der Waals surface area contributed by atoms with Crippen LogP contribution in [0.3, 0.4) is 0 Å². The first-order valence-corrected chi connectivity index (χ1v) is 11.0. The van der Waals surface area contributed by atoms with E-state index in [2.05, 4.69) is 22.9 Å². The van der Waals surface area contributed by atoms with Gasteiger partial charge in [0.1, 0.15) is 24.8 Å². The number of rotatable bonds is 8. The minimum atomic E-state index is -0.767. The van der Waals surface area contributed by atoms with E-state index in [9.17, 15) is 10.2 Å². The minimum absolute atomic E-state index is 0.00509. The Kier molecular flexibility index (Phi) is 5.59. The lowest BCUT2D eigenvalue weighted by molar-refractivity contribution is -0.152. The topological polar surface area (TPSA) is 85.8 Å². The zero-order valence-electron chi connectivity index (χ0n) is 15.0. The van der Waals surface area contributed by atoms with Crippen LogP contribution in [0.15, 0.2) is 18.2 Å². The molecular weight excluding hydrogens is 409 g/mol. The molecule has 27 heavy (non-hydrogen) atoms. The first-order valence-electron chi connectivity index (χ1n) is 9.15. The van der Waals surface area contributed by atoms with E-state index in [-0.39, 0.29) is 23.7 Å². The van der Waals surface area contributed by atoms with Gasteiger partial charge in [0, 0.05) is 22.9 Å². The van der Waals surface area contributed by atoms with Crippen molar-refractivity contribution in [2.24, 2.45) is 0 Å². The number of hydrogen-bond acceptors (Lipinski definition) is 7. The lowest BCUT2D eigenvalue weighted by Crippen LogP contribution is -2.85. The molecule has 4 fully saturated rings. The molecule has 6 nitrogen and oxygen atoms in total. The molecule has 150 valence electrons. The van der Waals surface area contributed by atoms with Crippen LogP contribution in [-0.2, 0) is 0 Å². The smallest absolute Gasteiger partial charge is 0.139 e. The van der Waals surface area contributed by atoms with E-state index in [1.807, 2.05) is 11.8 Å². The van der Waals surface area contributed by atoms with Crippen LogP contribution in [0.2, 0.25) is 10.0 Å². The number of aliphatic hydroxyl groups is 2. The standard InChI is InChI=1S/C18H25Cl2N3O3S/c1-10-21-14(6-27-10)16(25)23-18-7-17(8-18,9-18)22-15(24)5-26-11-2-3-12(19)13(20)4-11/h2-4,10,14-16,21-25H,5-9H2,1H3. The highest BCUT2D eigenvalue weighted by atomic mass is 35.5. The molecule has 4 aliphatic rings. The Morgan fingerprint density at radius 2 is 1.93 bits per heavy atom. The fraction of sp³-hybridized carbons (Fsp3) is 0.667. The van der Waals surface area contributed by atoms with Crippen LogP contribution in [0.1, 0.15) is 26.2 Å². The van der Waals surface area contributed by atoms with E-state index < -0.39 is 12.5 Å². The second-order valence-corrected chi connectivity index (χ2v) is 10.2. The van der Waals surface area contributed by atoms with Gasteiger partial charge in [-0.1, -0.05) is 23.2 Å². The summed E-state index contributed by atoms with van der Waals surface area (Å²) in [6.45, 7) is 2.24. The molecule has 2 bridgehead atoms. The summed E-state index contributed by atoms with van der Waals surface area (Å²) < 4.78 is 5.58. The molecule has 4 atom stereocenters. The van der Waals surface area contributed by atoms with Crippen molar-refractivity contribution >= 4 is 35.0 Å². The Morgan fingerprint density at radius 3 is 2.56 bits per heavy atom. The van der Waals surface area contributed by atoms with Gasteiger partial charge in [-0.05, 0) is 38.3 Å². The van der Waals surface area contributed by atoms with Crippen molar-refractivity contribution in [3.63, 3.8) is 0 Å². The predicted molar refractivity (Wildman–Crippen MR) is 108 cm³/mol. The van der Waals surface area contributed by atoms with Gasteiger partial charge in [0.2, 0.25) is 0 Å². The Morgan fingerprint density at radius 1 is 1.22 bits per heavy atom. The van der Waals surface area contributed by atoms with Crippen LogP contribution in [0.4, 0.5) is 0 Å². The molecular formula is C18H25Cl2N3O3S. The summed E-state index contributed by atoms with van der Waals surface area (Å²) in [6, 6.07) is 5.11. The zero-order valence-corrected chi connectivity index (χ0v) is 17.4. The highest BCUT2D eigenvalue weighted by Crippen LogP contribution is 2.60. The highest BCUT2D eigenvalue weighted by molar-refractivity contribution is 8.00. The number of ether oxygens (including phenoxy) is 1. The number of hydrogen-bond donors (Lipinski definition) is 5. The van der Waals surface area contributed by atoms with Crippen molar-refractivity contribution in [2.75, 3.05) is 12.4 Å². The molecule has 1 aromatic carbocycles. The van der Waals surface area contributed by atoms with Gasteiger partial charge in [0.15, 0.2) is 0 Å². The Bertz CT molecular complexity index is 691. The van der Waals surface area contributed by atoms with Crippen LogP contribution >= 0.6 is 35.0 Å². The van der Waals surface area contributed by atoms with Crippen molar-refractivity contribution in [1.82, 2.24) is 16.0 Å². The van der Waals surface area contributed by atoms with E-state index in [1.54, 1.807) is 18.2 Å². The van der Waals surface area contributed by atoms with Crippen molar-refractivity contribution < 1.29 is 14.9 Å². The molecule has 0 spiro atoms. The van der Waals surface area contributed by atoms with E-state index in [1.165, 1.54) is 0 Å². The molecule has 5 N–H and O–H groups in total. The summed E-state index contributed by atoms with van der Waals surface area (Å²) >= 11 is 13.7. The van der Waals surface area contributed by atoms with Gasteiger partial charge in [-0.2, -0.15) is 0 Å². The van der Waals surface area contributed by atoms with Gasteiger partial charge in [-0.3, -0.25) is 16.0 Å². The van der Waals surface area contributed by atoms with Gasteiger partial charge in [-0.25, -0.2) is 0 Å². The number of halogens is 2. The quantitative estimate of drug-likeness (QED) is 0.400. The number of nitrogens with one attached hydrogen (secondary N) is 3. The molecule has 0 amide bonds.